The number of hydrogen-bond acceptors (Lipinski definition) is 2. The quantitative estimate of drug-likeness (QED) is 0.309. The fraction of sp³-hybridized carbons (Fsp3) is 0.244. The van der Waals surface area contributed by atoms with Crippen LogP contribution in [0, 0.1) is 11.8 Å². The van der Waals surface area contributed by atoms with E-state index in [1.807, 2.05) is 0 Å². The molecular formula is C45H42N2. The molecule has 2 heteroatoms. The first-order valence-corrected chi connectivity index (χ1v) is 17.4. The predicted octanol–water partition coefficient (Wildman–Crippen LogP) is 10.3. The van der Waals surface area contributed by atoms with Crippen molar-refractivity contribution < 1.29 is 0 Å². The van der Waals surface area contributed by atoms with E-state index >= 15 is 0 Å². The molecule has 1 N–H and O–H groups in total. The Bertz CT molecular complexity index is 1930. The highest BCUT2D eigenvalue weighted by atomic mass is 15.5. The molecule has 2 nitrogen and oxygen atoms in total. The van der Waals surface area contributed by atoms with Crippen LogP contribution in [0.4, 0.5) is 0 Å². The number of nitrogens with zero attached hydrogens (tertiary/aromatic N) is 1. The second-order valence-electron chi connectivity index (χ2n) is 14.4. The first-order chi connectivity index (χ1) is 23.1. The zero-order valence-electron chi connectivity index (χ0n) is 27.3. The van der Waals surface area contributed by atoms with Crippen molar-refractivity contribution in [3.05, 3.63) is 190 Å². The molecule has 0 bridgehead atoms. The van der Waals surface area contributed by atoms with Crippen LogP contribution in [0.1, 0.15) is 73.3 Å². The molecule has 6 aliphatic rings. The zero-order valence-corrected chi connectivity index (χ0v) is 27.3. The zero-order chi connectivity index (χ0) is 31.5. The molecule has 0 saturated carbocycles. The van der Waals surface area contributed by atoms with Crippen molar-refractivity contribution in [2.45, 2.75) is 56.9 Å². The Labute approximate surface area is 279 Å². The summed E-state index contributed by atoms with van der Waals surface area (Å²) in [5.74, 6) is 0.909. The second kappa shape index (κ2) is 11.3. The molecule has 1 fully saturated rings. The highest BCUT2D eigenvalue weighted by Crippen LogP contribution is 2.54. The minimum absolute atomic E-state index is 0.00476. The lowest BCUT2D eigenvalue weighted by Crippen LogP contribution is -2.60. The van der Waals surface area contributed by atoms with Gasteiger partial charge < -0.3 is 0 Å². The average molecular weight is 611 g/mol. The third kappa shape index (κ3) is 4.77. The summed E-state index contributed by atoms with van der Waals surface area (Å²) in [4.78, 5) is 2.66. The van der Waals surface area contributed by atoms with Crippen molar-refractivity contribution in [2.24, 2.45) is 11.8 Å². The lowest BCUT2D eigenvalue weighted by molar-refractivity contribution is -0.0546. The van der Waals surface area contributed by atoms with Crippen LogP contribution in [0.25, 0.3) is 11.1 Å². The van der Waals surface area contributed by atoms with Crippen molar-refractivity contribution in [1.29, 1.82) is 0 Å². The fourth-order valence-corrected chi connectivity index (χ4v) is 8.90. The third-order valence-corrected chi connectivity index (χ3v) is 11.4. The first kappa shape index (κ1) is 28.7. The van der Waals surface area contributed by atoms with Gasteiger partial charge in [-0.15, -0.1) is 0 Å². The molecule has 5 atom stereocenters. The van der Waals surface area contributed by atoms with Gasteiger partial charge in [0.1, 0.15) is 0 Å². The maximum absolute atomic E-state index is 3.87. The maximum atomic E-state index is 3.87. The van der Waals surface area contributed by atoms with Crippen LogP contribution in [0.2, 0.25) is 0 Å². The summed E-state index contributed by atoms with van der Waals surface area (Å²) in [6.07, 6.45) is 29.6. The van der Waals surface area contributed by atoms with E-state index in [2.05, 4.69) is 170 Å². The van der Waals surface area contributed by atoms with E-state index < -0.39 is 0 Å². The van der Waals surface area contributed by atoms with E-state index in [9.17, 15) is 0 Å². The Kier molecular flexibility index (Phi) is 6.92. The number of fused-ring (bicyclic) bond motifs is 4. The Morgan fingerprint density at radius 3 is 2.28 bits per heavy atom. The van der Waals surface area contributed by atoms with E-state index in [4.69, 9.17) is 0 Å². The highest BCUT2D eigenvalue weighted by molar-refractivity contribution is 5.87. The predicted molar refractivity (Wildman–Crippen MR) is 195 cm³/mol. The molecule has 232 valence electrons. The summed E-state index contributed by atoms with van der Waals surface area (Å²) in [5, 5.41) is 3.87. The second-order valence-corrected chi connectivity index (χ2v) is 14.4. The first-order valence-electron chi connectivity index (χ1n) is 17.4. The summed E-state index contributed by atoms with van der Waals surface area (Å²) in [7, 11) is 0. The molecule has 3 aromatic carbocycles. The Balaban J connectivity index is 0.991. The van der Waals surface area contributed by atoms with Gasteiger partial charge in [0.05, 0.1) is 12.3 Å². The van der Waals surface area contributed by atoms with Crippen molar-refractivity contribution in [2.75, 3.05) is 0 Å². The number of benzene rings is 3. The van der Waals surface area contributed by atoms with Gasteiger partial charge in [0.15, 0.2) is 0 Å². The molecule has 1 saturated heterocycles. The topological polar surface area (TPSA) is 15.3 Å². The smallest absolute Gasteiger partial charge is 0.0895 e. The van der Waals surface area contributed by atoms with E-state index in [0.717, 1.165) is 19.3 Å². The van der Waals surface area contributed by atoms with Gasteiger partial charge in [-0.05, 0) is 81.0 Å². The molecule has 5 aliphatic carbocycles. The lowest BCUT2D eigenvalue weighted by Gasteiger charge is -2.54. The Morgan fingerprint density at radius 2 is 1.51 bits per heavy atom. The van der Waals surface area contributed by atoms with Crippen LogP contribution < -0.4 is 5.32 Å². The molecule has 0 radical (unpaired) electrons. The van der Waals surface area contributed by atoms with Gasteiger partial charge in [-0.25, -0.2) is 0 Å². The summed E-state index contributed by atoms with van der Waals surface area (Å²) in [6, 6.07) is 29.4. The average Bonchev–Trinajstić information content (AvgIpc) is 3.35. The normalized spacial score (nSPS) is 28.6. The maximum Gasteiger partial charge on any atom is 0.0895 e. The van der Waals surface area contributed by atoms with Gasteiger partial charge in [-0.2, -0.15) is 0 Å². The molecule has 0 spiro atoms. The number of allylic oxidation sites excluding steroid dienone is 14. The van der Waals surface area contributed by atoms with Gasteiger partial charge in [0, 0.05) is 23.3 Å². The van der Waals surface area contributed by atoms with Crippen molar-refractivity contribution in [3.63, 3.8) is 0 Å². The van der Waals surface area contributed by atoms with Gasteiger partial charge in [-0.1, -0.05) is 153 Å². The van der Waals surface area contributed by atoms with Crippen LogP contribution >= 0.6 is 0 Å². The summed E-state index contributed by atoms with van der Waals surface area (Å²) < 4.78 is 0. The van der Waals surface area contributed by atoms with Crippen molar-refractivity contribution in [1.82, 2.24) is 10.2 Å². The Hall–Kier alpha value is -4.50. The number of rotatable bonds is 5. The molecule has 1 heterocycles. The van der Waals surface area contributed by atoms with Crippen molar-refractivity contribution in [3.8, 4) is 0 Å². The van der Waals surface area contributed by atoms with E-state index in [1.165, 1.54) is 55.7 Å². The van der Waals surface area contributed by atoms with Gasteiger partial charge in [-0.3, -0.25) is 10.2 Å². The SMILES string of the molecule is CC1(C)C2=C(c3ccc(C4=CC(C5=CC=CC(N6C(c7ccccc7)NC6c6ccccc6)C5)=CCC4)cc31)C1C=CC=CC1C=C2. The van der Waals surface area contributed by atoms with Crippen LogP contribution in [0.3, 0.4) is 0 Å². The van der Waals surface area contributed by atoms with Crippen LogP contribution in [0.15, 0.2) is 162 Å². The Morgan fingerprint density at radius 1 is 0.766 bits per heavy atom. The van der Waals surface area contributed by atoms with E-state index in [-0.39, 0.29) is 17.7 Å². The van der Waals surface area contributed by atoms with Crippen LogP contribution in [-0.2, 0) is 5.41 Å². The molecule has 1 aliphatic heterocycles. The molecule has 3 aromatic rings. The van der Waals surface area contributed by atoms with Crippen molar-refractivity contribution >= 4 is 11.1 Å². The fourth-order valence-electron chi connectivity index (χ4n) is 8.90. The van der Waals surface area contributed by atoms with Gasteiger partial charge in [0.2, 0.25) is 0 Å². The molecule has 47 heavy (non-hydrogen) atoms. The molecular weight excluding hydrogens is 569 g/mol. The summed E-state index contributed by atoms with van der Waals surface area (Å²) >= 11 is 0. The molecule has 5 unspecified atom stereocenters. The van der Waals surface area contributed by atoms with E-state index in [1.54, 1.807) is 0 Å². The van der Waals surface area contributed by atoms with E-state index in [0.29, 0.717) is 17.9 Å². The molecule has 0 aromatic heterocycles. The van der Waals surface area contributed by atoms with Gasteiger partial charge in [0.25, 0.3) is 0 Å². The molecule has 0 amide bonds. The largest absolute Gasteiger partial charge is 0.278 e. The minimum atomic E-state index is 0.00476. The highest BCUT2D eigenvalue weighted by Gasteiger charge is 2.44. The lowest BCUT2D eigenvalue weighted by atomic mass is 9.73. The third-order valence-electron chi connectivity index (χ3n) is 11.4. The van der Waals surface area contributed by atoms with Crippen LogP contribution in [-0.4, -0.2) is 10.9 Å². The van der Waals surface area contributed by atoms with Gasteiger partial charge >= 0.3 is 0 Å². The monoisotopic (exact) mass is 610 g/mol. The number of hydrogen-bond donors (Lipinski definition) is 1. The standard InChI is InChI=1S/C45H42N2/c1-45(2)40-26-24-30-13-9-10-22-38(30)42(40)39-25-23-36(29-41(39)45)34-19-11-18-33(27-34)35-20-12-21-37(28-35)47-43(31-14-5-3-6-15-31)46-44(47)32-16-7-4-8-17-32/h3-10,12-18,20-27,29-30,37-38,43-44,46H,11,19,28H2,1-2H3. The summed E-state index contributed by atoms with van der Waals surface area (Å²) in [6.45, 7) is 4.84. The minimum Gasteiger partial charge on any atom is -0.278 e. The summed E-state index contributed by atoms with van der Waals surface area (Å²) in [5.41, 5.74) is 14.3. The molecule has 9 rings (SSSR count). The number of nitrogens with one attached hydrogen (secondary N) is 1. The van der Waals surface area contributed by atoms with Crippen LogP contribution in [0.5, 0.6) is 0 Å².